The number of ether oxygens (including phenoxy) is 1. The van der Waals surface area contributed by atoms with Crippen molar-refractivity contribution in [1.29, 1.82) is 0 Å². The standard InChI is InChI=1S/C20H32N6O2.HI/c1-5-19-25-24-14-26(19)11-10-22-20(21-6-2)23-13-18(27)16-8-7-9-17(12-16)28-15(3)4;/h7-9,12,14-15,18,27H,5-6,10-11,13H2,1-4H3,(H2,21,22,23);1H. The molecule has 1 unspecified atom stereocenters. The molecule has 162 valence electrons. The Bertz CT molecular complexity index is 750. The van der Waals surface area contributed by atoms with E-state index in [-0.39, 0.29) is 36.6 Å². The zero-order valence-electron chi connectivity index (χ0n) is 17.6. The Labute approximate surface area is 190 Å². The number of benzene rings is 1. The third-order valence-corrected chi connectivity index (χ3v) is 4.04. The molecule has 0 aliphatic heterocycles. The van der Waals surface area contributed by atoms with E-state index in [4.69, 9.17) is 4.74 Å². The van der Waals surface area contributed by atoms with Gasteiger partial charge in [-0.15, -0.1) is 34.2 Å². The molecule has 0 saturated heterocycles. The second kappa shape index (κ2) is 13.4. The first-order valence-electron chi connectivity index (χ1n) is 9.87. The maximum atomic E-state index is 10.5. The third-order valence-electron chi connectivity index (χ3n) is 4.04. The number of aliphatic imine (C=N–C) groups is 1. The second-order valence-corrected chi connectivity index (χ2v) is 6.70. The molecule has 0 bridgehead atoms. The highest BCUT2D eigenvalue weighted by Crippen LogP contribution is 2.20. The van der Waals surface area contributed by atoms with Crippen molar-refractivity contribution in [2.75, 3.05) is 19.6 Å². The van der Waals surface area contributed by atoms with Gasteiger partial charge >= 0.3 is 0 Å². The minimum absolute atomic E-state index is 0. The van der Waals surface area contributed by atoms with Gasteiger partial charge in [-0.3, -0.25) is 4.99 Å². The Morgan fingerprint density at radius 3 is 2.76 bits per heavy atom. The van der Waals surface area contributed by atoms with E-state index in [9.17, 15) is 5.11 Å². The first-order chi connectivity index (χ1) is 13.5. The number of aryl methyl sites for hydroxylation is 1. The molecule has 0 fully saturated rings. The number of guanidine groups is 1. The van der Waals surface area contributed by atoms with Crippen LogP contribution >= 0.6 is 24.0 Å². The first kappa shape index (κ1) is 25.2. The lowest BCUT2D eigenvalue weighted by atomic mass is 10.1. The van der Waals surface area contributed by atoms with E-state index in [1.807, 2.05) is 49.6 Å². The van der Waals surface area contributed by atoms with Gasteiger partial charge in [0.15, 0.2) is 5.96 Å². The molecule has 2 aromatic rings. The van der Waals surface area contributed by atoms with Crippen molar-refractivity contribution < 1.29 is 9.84 Å². The summed E-state index contributed by atoms with van der Waals surface area (Å²) >= 11 is 0. The molecule has 0 saturated carbocycles. The molecule has 0 amide bonds. The predicted molar refractivity (Wildman–Crippen MR) is 126 cm³/mol. The summed E-state index contributed by atoms with van der Waals surface area (Å²) in [5.74, 6) is 2.38. The summed E-state index contributed by atoms with van der Waals surface area (Å²) in [6, 6.07) is 7.51. The summed E-state index contributed by atoms with van der Waals surface area (Å²) in [6.45, 7) is 10.5. The van der Waals surface area contributed by atoms with Crippen LogP contribution in [0.15, 0.2) is 35.6 Å². The lowest BCUT2D eigenvalue weighted by molar-refractivity contribution is 0.185. The van der Waals surface area contributed by atoms with Gasteiger partial charge in [-0.2, -0.15) is 0 Å². The van der Waals surface area contributed by atoms with Crippen molar-refractivity contribution in [2.45, 2.75) is 52.9 Å². The monoisotopic (exact) mass is 516 g/mol. The van der Waals surface area contributed by atoms with Crippen LogP contribution in [0.4, 0.5) is 0 Å². The maximum Gasteiger partial charge on any atom is 0.191 e. The minimum atomic E-state index is -0.698. The topological polar surface area (TPSA) is 96.6 Å². The molecule has 9 heteroatoms. The summed E-state index contributed by atoms with van der Waals surface area (Å²) in [5, 5.41) is 25.0. The van der Waals surface area contributed by atoms with Crippen LogP contribution in [0.5, 0.6) is 5.75 Å². The average molecular weight is 516 g/mol. The second-order valence-electron chi connectivity index (χ2n) is 6.70. The van der Waals surface area contributed by atoms with Gasteiger partial charge in [-0.05, 0) is 38.5 Å². The van der Waals surface area contributed by atoms with E-state index in [0.29, 0.717) is 12.5 Å². The lowest BCUT2D eigenvalue weighted by Crippen LogP contribution is -2.39. The van der Waals surface area contributed by atoms with Crippen LogP contribution in [0, 0.1) is 0 Å². The Balaban J connectivity index is 0.00000420. The van der Waals surface area contributed by atoms with Gasteiger partial charge in [-0.25, -0.2) is 0 Å². The molecule has 8 nitrogen and oxygen atoms in total. The van der Waals surface area contributed by atoms with Gasteiger partial charge < -0.3 is 25.0 Å². The number of halogens is 1. The number of hydrogen-bond acceptors (Lipinski definition) is 5. The molecule has 1 aromatic carbocycles. The summed E-state index contributed by atoms with van der Waals surface area (Å²) in [7, 11) is 0. The molecule has 0 spiro atoms. The number of rotatable bonds is 10. The van der Waals surface area contributed by atoms with Gasteiger partial charge in [0.05, 0.1) is 18.8 Å². The van der Waals surface area contributed by atoms with E-state index in [2.05, 4.69) is 32.7 Å². The molecule has 29 heavy (non-hydrogen) atoms. The fourth-order valence-corrected chi connectivity index (χ4v) is 2.73. The van der Waals surface area contributed by atoms with Crippen LogP contribution in [0.1, 0.15) is 45.2 Å². The van der Waals surface area contributed by atoms with Crippen molar-refractivity contribution in [1.82, 2.24) is 25.4 Å². The number of nitrogens with one attached hydrogen (secondary N) is 2. The van der Waals surface area contributed by atoms with Gasteiger partial charge in [0.2, 0.25) is 0 Å². The van der Waals surface area contributed by atoms with Gasteiger partial charge in [0.25, 0.3) is 0 Å². The smallest absolute Gasteiger partial charge is 0.191 e. The number of aliphatic hydroxyl groups is 1. The fraction of sp³-hybridized carbons (Fsp3) is 0.550. The molecule has 3 N–H and O–H groups in total. The number of aliphatic hydroxyl groups excluding tert-OH is 1. The summed E-state index contributed by atoms with van der Waals surface area (Å²) < 4.78 is 7.71. The van der Waals surface area contributed by atoms with E-state index in [1.165, 1.54) is 0 Å². The zero-order valence-corrected chi connectivity index (χ0v) is 20.0. The van der Waals surface area contributed by atoms with Crippen molar-refractivity contribution in [2.24, 2.45) is 4.99 Å². The molecular formula is C20H33IN6O2. The van der Waals surface area contributed by atoms with Crippen molar-refractivity contribution in [3.05, 3.63) is 42.0 Å². The molecule has 0 aliphatic carbocycles. The summed E-state index contributed by atoms with van der Waals surface area (Å²) in [6.07, 6.45) is 1.98. The Kier molecular flexibility index (Phi) is 11.6. The Morgan fingerprint density at radius 2 is 2.07 bits per heavy atom. The highest BCUT2D eigenvalue weighted by Gasteiger charge is 2.10. The van der Waals surface area contributed by atoms with Gasteiger partial charge in [0, 0.05) is 26.1 Å². The number of nitrogens with zero attached hydrogens (tertiary/aromatic N) is 4. The highest BCUT2D eigenvalue weighted by molar-refractivity contribution is 14.0. The van der Waals surface area contributed by atoms with Crippen LogP contribution in [-0.2, 0) is 13.0 Å². The Hall–Kier alpha value is -1.88. The van der Waals surface area contributed by atoms with Crippen LogP contribution in [0.3, 0.4) is 0 Å². The Morgan fingerprint density at radius 1 is 1.28 bits per heavy atom. The molecule has 0 radical (unpaired) electrons. The van der Waals surface area contributed by atoms with E-state index >= 15 is 0 Å². The summed E-state index contributed by atoms with van der Waals surface area (Å²) in [5.41, 5.74) is 0.787. The zero-order chi connectivity index (χ0) is 20.4. The normalized spacial score (nSPS) is 12.4. The lowest BCUT2D eigenvalue weighted by Gasteiger charge is -2.15. The van der Waals surface area contributed by atoms with Crippen LogP contribution in [0.2, 0.25) is 0 Å². The van der Waals surface area contributed by atoms with Crippen LogP contribution in [-0.4, -0.2) is 51.6 Å². The van der Waals surface area contributed by atoms with Crippen LogP contribution < -0.4 is 15.4 Å². The van der Waals surface area contributed by atoms with Gasteiger partial charge in [0.1, 0.15) is 17.9 Å². The van der Waals surface area contributed by atoms with E-state index in [0.717, 1.165) is 36.6 Å². The SMILES string of the molecule is CCNC(=NCC(O)c1cccc(OC(C)C)c1)NCCn1cnnc1CC.I. The molecule has 1 atom stereocenters. The van der Waals surface area contributed by atoms with Gasteiger partial charge in [-0.1, -0.05) is 19.1 Å². The number of aromatic nitrogens is 3. The minimum Gasteiger partial charge on any atom is -0.491 e. The third kappa shape index (κ3) is 8.57. The predicted octanol–water partition coefficient (Wildman–Crippen LogP) is 2.53. The quantitative estimate of drug-likeness (QED) is 0.255. The van der Waals surface area contributed by atoms with Crippen LogP contribution in [0.25, 0.3) is 0 Å². The molecule has 0 aliphatic rings. The highest BCUT2D eigenvalue weighted by atomic mass is 127. The molecule has 1 aromatic heterocycles. The van der Waals surface area contributed by atoms with Crippen molar-refractivity contribution >= 4 is 29.9 Å². The number of hydrogen-bond donors (Lipinski definition) is 3. The molecule has 1 heterocycles. The first-order valence-corrected chi connectivity index (χ1v) is 9.87. The molecule has 2 rings (SSSR count). The average Bonchev–Trinajstić information content (AvgIpc) is 3.13. The van der Waals surface area contributed by atoms with Crippen molar-refractivity contribution in [3.63, 3.8) is 0 Å². The fourth-order valence-electron chi connectivity index (χ4n) is 2.73. The largest absolute Gasteiger partial charge is 0.491 e. The van der Waals surface area contributed by atoms with E-state index < -0.39 is 6.10 Å². The molecular weight excluding hydrogens is 483 g/mol. The van der Waals surface area contributed by atoms with E-state index in [1.54, 1.807) is 6.33 Å². The summed E-state index contributed by atoms with van der Waals surface area (Å²) in [4.78, 5) is 4.50. The maximum absolute atomic E-state index is 10.5. The van der Waals surface area contributed by atoms with Crippen molar-refractivity contribution in [3.8, 4) is 5.75 Å².